The molecule has 2 heterocycles. The number of aromatic nitrogens is 2. The topological polar surface area (TPSA) is 64.1 Å². The third-order valence-electron chi connectivity index (χ3n) is 3.10. The fourth-order valence-corrected chi connectivity index (χ4v) is 2.62. The summed E-state index contributed by atoms with van der Waals surface area (Å²) in [6.07, 6.45) is 3.55. The molecule has 2 aromatic heterocycles. The number of ether oxygens (including phenoxy) is 1. The molecule has 0 amide bonds. The summed E-state index contributed by atoms with van der Waals surface area (Å²) >= 11 is 1.48. The van der Waals surface area contributed by atoms with Crippen LogP contribution < -0.4 is 5.32 Å². The van der Waals surface area contributed by atoms with Gasteiger partial charge in [-0.05, 0) is 32.4 Å². The van der Waals surface area contributed by atoms with E-state index in [1.807, 2.05) is 37.6 Å². The van der Waals surface area contributed by atoms with Crippen LogP contribution in [0.15, 0.2) is 29.9 Å². The van der Waals surface area contributed by atoms with E-state index in [0.29, 0.717) is 13.2 Å². The van der Waals surface area contributed by atoms with Crippen molar-refractivity contribution in [2.75, 3.05) is 11.9 Å². The lowest BCUT2D eigenvalue weighted by atomic mass is 9.90. The molecule has 0 bridgehead atoms. The molecule has 112 valence electrons. The SMILES string of the molecule is CCOC(=O)C(C)(C)c1csc(NCc2cccnc2)n1. The lowest BCUT2D eigenvalue weighted by molar-refractivity contribution is -0.148. The maximum atomic E-state index is 12.0. The summed E-state index contributed by atoms with van der Waals surface area (Å²) in [5.74, 6) is -0.255. The Balaban J connectivity index is 2.02. The molecule has 0 spiro atoms. The number of nitrogens with one attached hydrogen (secondary N) is 1. The van der Waals surface area contributed by atoms with E-state index in [0.717, 1.165) is 16.4 Å². The van der Waals surface area contributed by atoms with E-state index in [4.69, 9.17) is 4.74 Å². The number of thiazole rings is 1. The summed E-state index contributed by atoms with van der Waals surface area (Å²) in [4.78, 5) is 20.5. The molecule has 2 aromatic rings. The van der Waals surface area contributed by atoms with E-state index < -0.39 is 5.41 Å². The van der Waals surface area contributed by atoms with Crippen LogP contribution in [-0.2, 0) is 21.5 Å². The second-order valence-corrected chi connectivity index (χ2v) is 5.96. The van der Waals surface area contributed by atoms with E-state index in [1.54, 1.807) is 13.1 Å². The summed E-state index contributed by atoms with van der Waals surface area (Å²) in [6.45, 7) is 6.48. The van der Waals surface area contributed by atoms with Gasteiger partial charge in [0.2, 0.25) is 0 Å². The molecule has 0 aliphatic carbocycles. The van der Waals surface area contributed by atoms with Crippen LogP contribution in [0, 0.1) is 0 Å². The van der Waals surface area contributed by atoms with Crippen LogP contribution in [0.2, 0.25) is 0 Å². The van der Waals surface area contributed by atoms with Gasteiger partial charge in [0.1, 0.15) is 5.41 Å². The fraction of sp³-hybridized carbons (Fsp3) is 0.400. The van der Waals surface area contributed by atoms with Crippen molar-refractivity contribution >= 4 is 22.4 Å². The first kappa shape index (κ1) is 15.4. The lowest BCUT2D eigenvalue weighted by Crippen LogP contribution is -2.31. The van der Waals surface area contributed by atoms with E-state index in [9.17, 15) is 4.79 Å². The molecule has 0 aromatic carbocycles. The minimum Gasteiger partial charge on any atom is -0.465 e. The first-order chi connectivity index (χ1) is 10.0. The minimum absolute atomic E-state index is 0.255. The van der Waals surface area contributed by atoms with Gasteiger partial charge in [0.05, 0.1) is 12.3 Å². The molecule has 0 radical (unpaired) electrons. The van der Waals surface area contributed by atoms with Gasteiger partial charge in [-0.1, -0.05) is 6.07 Å². The number of pyridine rings is 1. The molecule has 0 aliphatic rings. The normalized spacial score (nSPS) is 11.2. The Morgan fingerprint density at radius 1 is 1.48 bits per heavy atom. The number of carbonyl (C=O) groups is 1. The average molecular weight is 305 g/mol. The number of esters is 1. The highest BCUT2D eigenvalue weighted by Crippen LogP contribution is 2.28. The van der Waals surface area contributed by atoms with E-state index >= 15 is 0 Å². The minimum atomic E-state index is -0.735. The fourth-order valence-electron chi connectivity index (χ4n) is 1.74. The Morgan fingerprint density at radius 3 is 2.95 bits per heavy atom. The zero-order valence-corrected chi connectivity index (χ0v) is 13.2. The number of carbonyl (C=O) groups excluding carboxylic acids is 1. The largest absolute Gasteiger partial charge is 0.465 e. The third kappa shape index (κ3) is 3.78. The van der Waals surface area contributed by atoms with Gasteiger partial charge in [0.15, 0.2) is 5.13 Å². The van der Waals surface area contributed by atoms with Crippen LogP contribution in [0.4, 0.5) is 5.13 Å². The summed E-state index contributed by atoms with van der Waals surface area (Å²) in [5, 5.41) is 5.91. The molecule has 0 atom stereocenters. The van der Waals surface area contributed by atoms with Gasteiger partial charge in [0.25, 0.3) is 0 Å². The van der Waals surface area contributed by atoms with Gasteiger partial charge >= 0.3 is 5.97 Å². The Labute approximate surface area is 128 Å². The van der Waals surface area contributed by atoms with Crippen molar-refractivity contribution in [2.24, 2.45) is 0 Å². The Morgan fingerprint density at radius 2 is 2.29 bits per heavy atom. The second-order valence-electron chi connectivity index (χ2n) is 5.10. The molecule has 21 heavy (non-hydrogen) atoms. The number of nitrogens with zero attached hydrogens (tertiary/aromatic N) is 2. The molecule has 0 aliphatic heterocycles. The van der Waals surface area contributed by atoms with Crippen molar-refractivity contribution in [3.63, 3.8) is 0 Å². The molecular weight excluding hydrogens is 286 g/mol. The van der Waals surface area contributed by atoms with Gasteiger partial charge in [-0.15, -0.1) is 11.3 Å². The summed E-state index contributed by atoms with van der Waals surface area (Å²) < 4.78 is 5.10. The van der Waals surface area contributed by atoms with Crippen molar-refractivity contribution < 1.29 is 9.53 Å². The lowest BCUT2D eigenvalue weighted by Gasteiger charge is -2.19. The number of hydrogen-bond acceptors (Lipinski definition) is 6. The van der Waals surface area contributed by atoms with Crippen LogP contribution in [-0.4, -0.2) is 22.5 Å². The van der Waals surface area contributed by atoms with Crippen LogP contribution in [0.5, 0.6) is 0 Å². The molecule has 6 heteroatoms. The molecule has 1 N–H and O–H groups in total. The predicted molar refractivity (Wildman–Crippen MR) is 83.3 cm³/mol. The monoisotopic (exact) mass is 305 g/mol. The van der Waals surface area contributed by atoms with Crippen molar-refractivity contribution in [3.8, 4) is 0 Å². The summed E-state index contributed by atoms with van der Waals surface area (Å²) in [7, 11) is 0. The first-order valence-corrected chi connectivity index (χ1v) is 7.68. The van der Waals surface area contributed by atoms with E-state index in [2.05, 4.69) is 15.3 Å². The molecular formula is C15H19N3O2S. The Hall–Kier alpha value is -1.95. The second kappa shape index (κ2) is 6.67. The van der Waals surface area contributed by atoms with Gasteiger partial charge < -0.3 is 10.1 Å². The Bertz CT molecular complexity index is 596. The van der Waals surface area contributed by atoms with E-state index in [1.165, 1.54) is 11.3 Å². The van der Waals surface area contributed by atoms with E-state index in [-0.39, 0.29) is 5.97 Å². The van der Waals surface area contributed by atoms with Crippen molar-refractivity contribution in [2.45, 2.75) is 32.7 Å². The zero-order valence-electron chi connectivity index (χ0n) is 12.4. The van der Waals surface area contributed by atoms with Crippen molar-refractivity contribution in [1.29, 1.82) is 0 Å². The molecule has 0 saturated heterocycles. The average Bonchev–Trinajstić information content (AvgIpc) is 2.96. The zero-order chi connectivity index (χ0) is 15.3. The third-order valence-corrected chi connectivity index (χ3v) is 3.90. The van der Waals surface area contributed by atoms with Crippen LogP contribution in [0.25, 0.3) is 0 Å². The standard InChI is InChI=1S/C15H19N3O2S/c1-4-20-13(19)15(2,3)12-10-21-14(18-12)17-9-11-6-5-7-16-8-11/h5-8,10H,4,9H2,1-3H3,(H,17,18). The molecule has 5 nitrogen and oxygen atoms in total. The Kier molecular flexibility index (Phi) is 4.90. The van der Waals surface area contributed by atoms with Crippen LogP contribution in [0.1, 0.15) is 32.0 Å². The summed E-state index contributed by atoms with van der Waals surface area (Å²) in [6, 6.07) is 3.89. The molecule has 0 unspecified atom stereocenters. The van der Waals surface area contributed by atoms with Crippen LogP contribution >= 0.6 is 11.3 Å². The quantitative estimate of drug-likeness (QED) is 0.831. The number of anilines is 1. The highest BCUT2D eigenvalue weighted by Gasteiger charge is 2.33. The predicted octanol–water partition coefficient (Wildman–Crippen LogP) is 2.99. The van der Waals surface area contributed by atoms with Crippen LogP contribution in [0.3, 0.4) is 0 Å². The van der Waals surface area contributed by atoms with Crippen molar-refractivity contribution in [1.82, 2.24) is 9.97 Å². The number of hydrogen-bond donors (Lipinski definition) is 1. The van der Waals surface area contributed by atoms with Gasteiger partial charge in [-0.3, -0.25) is 9.78 Å². The molecule has 0 saturated carbocycles. The van der Waals surface area contributed by atoms with Crippen molar-refractivity contribution in [3.05, 3.63) is 41.2 Å². The highest BCUT2D eigenvalue weighted by atomic mass is 32.1. The highest BCUT2D eigenvalue weighted by molar-refractivity contribution is 7.13. The van der Waals surface area contributed by atoms with Gasteiger partial charge in [0, 0.05) is 24.3 Å². The maximum Gasteiger partial charge on any atom is 0.317 e. The molecule has 0 fully saturated rings. The first-order valence-electron chi connectivity index (χ1n) is 6.80. The van der Waals surface area contributed by atoms with Gasteiger partial charge in [-0.25, -0.2) is 4.98 Å². The maximum absolute atomic E-state index is 12.0. The molecule has 2 rings (SSSR count). The summed E-state index contributed by atoms with van der Waals surface area (Å²) in [5.41, 5.74) is 1.07. The smallest absolute Gasteiger partial charge is 0.317 e. The van der Waals surface area contributed by atoms with Gasteiger partial charge in [-0.2, -0.15) is 0 Å². The number of rotatable bonds is 6.